The van der Waals surface area contributed by atoms with Crippen LogP contribution in [0, 0.1) is 0 Å². The second kappa shape index (κ2) is 10.7. The highest BCUT2D eigenvalue weighted by Crippen LogP contribution is 2.32. The van der Waals surface area contributed by atoms with Crippen molar-refractivity contribution in [3.05, 3.63) is 95.6 Å². The summed E-state index contributed by atoms with van der Waals surface area (Å²) in [5, 5.41) is 1.36. The maximum absolute atomic E-state index is 12.4. The number of halogens is 1. The van der Waals surface area contributed by atoms with E-state index in [1.165, 1.54) is 12.0 Å². The van der Waals surface area contributed by atoms with Crippen LogP contribution in [0.1, 0.15) is 28.4 Å². The predicted molar refractivity (Wildman–Crippen MR) is 120 cm³/mol. The van der Waals surface area contributed by atoms with Gasteiger partial charge >= 0.3 is 0 Å². The van der Waals surface area contributed by atoms with E-state index in [-0.39, 0.29) is 23.6 Å². The molecular weight excluding hydrogens is 446 g/mol. The van der Waals surface area contributed by atoms with Gasteiger partial charge in [-0.2, -0.15) is 5.06 Å². The Bertz CT molecular complexity index is 993. The maximum atomic E-state index is 12.4. The summed E-state index contributed by atoms with van der Waals surface area (Å²) in [5.41, 5.74) is 2.76. The molecule has 0 aliphatic carbocycles. The van der Waals surface area contributed by atoms with Gasteiger partial charge in [0, 0.05) is 12.5 Å². The maximum Gasteiger partial charge on any atom is 0.247 e. The van der Waals surface area contributed by atoms with E-state index in [0.29, 0.717) is 23.6 Å². The minimum atomic E-state index is -0.320. The second-order valence-corrected chi connectivity index (χ2v) is 7.15. The Balaban J connectivity index is 1.89. The zero-order valence-corrected chi connectivity index (χ0v) is 18.2. The molecule has 1 amide bonds. The summed E-state index contributed by atoms with van der Waals surface area (Å²) >= 11 is 3.19. The number of benzene rings is 3. The van der Waals surface area contributed by atoms with Gasteiger partial charge in [-0.3, -0.25) is 14.4 Å². The molecule has 0 heterocycles. The van der Waals surface area contributed by atoms with Crippen LogP contribution in [-0.4, -0.2) is 17.0 Å². The van der Waals surface area contributed by atoms with E-state index in [9.17, 15) is 9.59 Å². The van der Waals surface area contributed by atoms with Gasteiger partial charge < -0.3 is 4.74 Å². The fourth-order valence-electron chi connectivity index (χ4n) is 2.83. The van der Waals surface area contributed by atoms with E-state index in [0.717, 1.165) is 11.1 Å². The number of ketones is 1. The van der Waals surface area contributed by atoms with Crippen LogP contribution >= 0.6 is 15.9 Å². The number of alkyl halides is 1. The molecule has 3 aromatic rings. The number of anilines is 1. The molecular formula is C24H22BrNO4. The lowest BCUT2D eigenvalue weighted by Gasteiger charge is -2.23. The summed E-state index contributed by atoms with van der Waals surface area (Å²) in [6.45, 7) is 1.93. The first-order valence-corrected chi connectivity index (χ1v) is 10.6. The van der Waals surface area contributed by atoms with Crippen LogP contribution in [-0.2, 0) is 22.8 Å². The number of hydrogen-bond acceptors (Lipinski definition) is 4. The van der Waals surface area contributed by atoms with Crippen molar-refractivity contribution in [2.24, 2.45) is 0 Å². The smallest absolute Gasteiger partial charge is 0.247 e. The molecule has 0 atom stereocenters. The van der Waals surface area contributed by atoms with Gasteiger partial charge in [-0.25, -0.2) is 0 Å². The van der Waals surface area contributed by atoms with Crippen LogP contribution in [0.3, 0.4) is 0 Å². The normalized spacial score (nSPS) is 10.5. The van der Waals surface area contributed by atoms with Crippen molar-refractivity contribution >= 4 is 33.3 Å². The largest absolute Gasteiger partial charge is 0.487 e. The minimum Gasteiger partial charge on any atom is -0.487 e. The van der Waals surface area contributed by atoms with Gasteiger partial charge in [0.25, 0.3) is 0 Å². The van der Waals surface area contributed by atoms with Gasteiger partial charge in [0.2, 0.25) is 5.91 Å². The molecule has 0 fully saturated rings. The van der Waals surface area contributed by atoms with Crippen molar-refractivity contribution < 1.29 is 19.2 Å². The number of hydrogen-bond donors (Lipinski definition) is 0. The molecule has 0 aliphatic heterocycles. The number of carbonyl (C=O) groups excluding carboxylic acids is 2. The highest BCUT2D eigenvalue weighted by molar-refractivity contribution is 9.09. The van der Waals surface area contributed by atoms with Crippen LogP contribution in [0.2, 0.25) is 0 Å². The summed E-state index contributed by atoms with van der Waals surface area (Å²) in [4.78, 5) is 30.4. The first kappa shape index (κ1) is 21.7. The first-order valence-electron chi connectivity index (χ1n) is 9.46. The molecule has 0 bridgehead atoms. The number of nitrogens with zero attached hydrogens (tertiary/aromatic N) is 1. The average Bonchev–Trinajstić information content (AvgIpc) is 2.79. The molecule has 3 rings (SSSR count). The topological polar surface area (TPSA) is 55.8 Å². The fraction of sp³-hybridized carbons (Fsp3) is 0.167. The van der Waals surface area contributed by atoms with Gasteiger partial charge in [0.15, 0.2) is 5.78 Å². The Morgan fingerprint density at radius 3 is 2.03 bits per heavy atom. The second-order valence-electron chi connectivity index (χ2n) is 6.59. The average molecular weight is 468 g/mol. The number of amides is 1. The van der Waals surface area contributed by atoms with E-state index in [4.69, 9.17) is 9.57 Å². The number of rotatable bonds is 9. The van der Waals surface area contributed by atoms with Gasteiger partial charge in [0.05, 0.1) is 5.33 Å². The molecule has 5 nitrogen and oxygen atoms in total. The third-order valence-corrected chi connectivity index (χ3v) is 4.86. The van der Waals surface area contributed by atoms with E-state index in [1.807, 2.05) is 60.7 Å². The molecule has 30 heavy (non-hydrogen) atoms. The highest BCUT2D eigenvalue weighted by atomic mass is 79.9. The monoisotopic (exact) mass is 467 g/mol. The Morgan fingerprint density at radius 1 is 0.867 bits per heavy atom. The molecule has 154 valence electrons. The van der Waals surface area contributed by atoms with Crippen LogP contribution in [0.15, 0.2) is 78.9 Å². The van der Waals surface area contributed by atoms with Crippen LogP contribution in [0.5, 0.6) is 5.75 Å². The quantitative estimate of drug-likeness (QED) is 0.242. The van der Waals surface area contributed by atoms with E-state index >= 15 is 0 Å². The molecule has 0 radical (unpaired) electrons. The summed E-state index contributed by atoms with van der Waals surface area (Å²) < 4.78 is 5.98. The first-order chi connectivity index (χ1) is 14.6. The molecule has 0 aliphatic rings. The van der Waals surface area contributed by atoms with E-state index in [2.05, 4.69) is 15.9 Å². The Hall–Kier alpha value is -2.96. The van der Waals surface area contributed by atoms with Crippen molar-refractivity contribution in [2.75, 3.05) is 10.4 Å². The van der Waals surface area contributed by atoms with E-state index < -0.39 is 0 Å². The number of hydroxylamine groups is 1. The molecule has 6 heteroatoms. The standard InChI is InChI=1S/C24H22BrNO4/c1-18(27)26(30-17-20-10-6-3-7-11-20)22-14-21(23(28)15-25)12-13-24(22)29-16-19-8-4-2-5-9-19/h2-14H,15-17H2,1H3. The number of Topliss-reactive ketones (excluding diaryl/α,β-unsaturated/α-hetero) is 1. The van der Waals surface area contributed by atoms with Crippen molar-refractivity contribution in [3.8, 4) is 5.75 Å². The van der Waals surface area contributed by atoms with Crippen LogP contribution < -0.4 is 9.80 Å². The van der Waals surface area contributed by atoms with Crippen molar-refractivity contribution in [1.82, 2.24) is 0 Å². The molecule has 0 unspecified atom stereocenters. The Morgan fingerprint density at radius 2 is 1.47 bits per heavy atom. The summed E-state index contributed by atoms with van der Waals surface area (Å²) in [6.07, 6.45) is 0. The van der Waals surface area contributed by atoms with Crippen molar-refractivity contribution in [3.63, 3.8) is 0 Å². The summed E-state index contributed by atoms with van der Waals surface area (Å²) in [5.74, 6) is 0.0320. The third-order valence-electron chi connectivity index (χ3n) is 4.35. The van der Waals surface area contributed by atoms with Gasteiger partial charge in [-0.15, -0.1) is 0 Å². The van der Waals surface area contributed by atoms with Gasteiger partial charge in [-0.05, 0) is 29.3 Å². The molecule has 0 saturated heterocycles. The molecule has 0 aromatic heterocycles. The Kier molecular flexibility index (Phi) is 7.76. The Labute approximate surface area is 184 Å². The third kappa shape index (κ3) is 5.78. The minimum absolute atomic E-state index is 0.0996. The SMILES string of the molecule is CC(=O)N(OCc1ccccc1)c1cc(C(=O)CBr)ccc1OCc1ccccc1. The summed E-state index contributed by atoms with van der Waals surface area (Å²) in [6, 6.07) is 24.3. The number of ether oxygens (including phenoxy) is 1. The van der Waals surface area contributed by atoms with Crippen molar-refractivity contribution in [2.45, 2.75) is 20.1 Å². The van der Waals surface area contributed by atoms with Crippen LogP contribution in [0.4, 0.5) is 5.69 Å². The zero-order chi connectivity index (χ0) is 21.3. The summed E-state index contributed by atoms with van der Waals surface area (Å²) in [7, 11) is 0. The lowest BCUT2D eigenvalue weighted by Crippen LogP contribution is -2.29. The number of carbonyl (C=O) groups is 2. The fourth-order valence-corrected chi connectivity index (χ4v) is 3.15. The predicted octanol–water partition coefficient (Wildman–Crippen LogP) is 5.33. The zero-order valence-electron chi connectivity index (χ0n) is 16.6. The van der Waals surface area contributed by atoms with E-state index in [1.54, 1.807) is 18.2 Å². The van der Waals surface area contributed by atoms with Gasteiger partial charge in [-0.1, -0.05) is 76.6 Å². The van der Waals surface area contributed by atoms with Crippen molar-refractivity contribution in [1.29, 1.82) is 0 Å². The highest BCUT2D eigenvalue weighted by Gasteiger charge is 2.20. The lowest BCUT2D eigenvalue weighted by atomic mass is 10.1. The molecule has 0 spiro atoms. The molecule has 0 saturated carbocycles. The molecule has 0 N–H and O–H groups in total. The lowest BCUT2D eigenvalue weighted by molar-refractivity contribution is -0.124. The molecule has 3 aromatic carbocycles. The van der Waals surface area contributed by atoms with Gasteiger partial charge in [0.1, 0.15) is 24.7 Å². The van der Waals surface area contributed by atoms with Crippen LogP contribution in [0.25, 0.3) is 0 Å².